The van der Waals surface area contributed by atoms with E-state index in [1.807, 2.05) is 0 Å². The van der Waals surface area contributed by atoms with E-state index in [1.54, 1.807) is 18.2 Å². The van der Waals surface area contributed by atoms with Crippen molar-refractivity contribution in [3.8, 4) is 0 Å². The van der Waals surface area contributed by atoms with Crippen LogP contribution in [0.3, 0.4) is 0 Å². The minimum Gasteiger partial charge on any atom is -0.475 e. The normalized spacial score (nSPS) is 10.5. The summed E-state index contributed by atoms with van der Waals surface area (Å²) >= 11 is 5.74. The number of fused-ring (bicyclic) bond motifs is 1. The molecule has 5 nitrogen and oxygen atoms in total. The first kappa shape index (κ1) is 8.00. The fraction of sp³-hybridized carbons (Fsp3) is 0. The highest BCUT2D eigenvalue weighted by Gasteiger charge is 2.11. The van der Waals surface area contributed by atoms with Gasteiger partial charge in [-0.3, -0.25) is 0 Å². The highest BCUT2D eigenvalue weighted by molar-refractivity contribution is 6.29. The van der Waals surface area contributed by atoms with Gasteiger partial charge in [0.2, 0.25) is 0 Å². The average Bonchev–Trinajstić information content (AvgIpc) is 2.49. The minimum absolute atomic E-state index is 0.256. The number of carboxylic acids is 1. The van der Waals surface area contributed by atoms with E-state index in [9.17, 15) is 4.79 Å². The summed E-state index contributed by atoms with van der Waals surface area (Å²) in [6.07, 6.45) is 0. The van der Waals surface area contributed by atoms with Gasteiger partial charge in [-0.05, 0) is 12.1 Å². The van der Waals surface area contributed by atoms with Gasteiger partial charge in [0.05, 0.1) is 0 Å². The summed E-state index contributed by atoms with van der Waals surface area (Å²) in [5.41, 5.74) is 0.421. The van der Waals surface area contributed by atoms with Crippen LogP contribution in [-0.4, -0.2) is 25.7 Å². The molecule has 2 rings (SSSR count). The number of carbonyl (C=O) groups is 1. The molecule has 6 heteroatoms. The third-order valence-electron chi connectivity index (χ3n) is 1.50. The topological polar surface area (TPSA) is 67.5 Å². The fourth-order valence-corrected chi connectivity index (χ4v) is 1.16. The van der Waals surface area contributed by atoms with Crippen LogP contribution in [0.25, 0.3) is 5.65 Å². The Balaban J connectivity index is 2.75. The van der Waals surface area contributed by atoms with E-state index < -0.39 is 5.97 Å². The standard InChI is InChI=1S/C7H4ClN3O2/c8-4-2-1-3-5-9-6(7(12)13)10-11(4)5/h1-3H,(H,12,13). The molecule has 0 aromatic carbocycles. The van der Waals surface area contributed by atoms with Crippen molar-refractivity contribution in [2.45, 2.75) is 0 Å². The van der Waals surface area contributed by atoms with Gasteiger partial charge < -0.3 is 5.11 Å². The van der Waals surface area contributed by atoms with Gasteiger partial charge in [0, 0.05) is 0 Å². The molecular formula is C7H4ClN3O2. The van der Waals surface area contributed by atoms with E-state index in [0.29, 0.717) is 10.8 Å². The summed E-state index contributed by atoms with van der Waals surface area (Å²) < 4.78 is 1.27. The Labute approximate surface area is 77.6 Å². The number of nitrogens with zero attached hydrogens (tertiary/aromatic N) is 3. The van der Waals surface area contributed by atoms with E-state index in [-0.39, 0.29) is 5.82 Å². The van der Waals surface area contributed by atoms with Gasteiger partial charge >= 0.3 is 5.97 Å². The maximum atomic E-state index is 10.5. The first-order valence-electron chi connectivity index (χ1n) is 3.43. The first-order valence-corrected chi connectivity index (χ1v) is 3.81. The van der Waals surface area contributed by atoms with Gasteiger partial charge in [-0.1, -0.05) is 17.7 Å². The number of hydrogen-bond acceptors (Lipinski definition) is 3. The van der Waals surface area contributed by atoms with Gasteiger partial charge in [-0.2, -0.15) is 0 Å². The SMILES string of the molecule is O=C(O)c1nc2cccc(Cl)n2n1. The van der Waals surface area contributed by atoms with Crippen molar-refractivity contribution in [1.29, 1.82) is 0 Å². The monoisotopic (exact) mass is 197 g/mol. The third kappa shape index (κ3) is 1.23. The third-order valence-corrected chi connectivity index (χ3v) is 1.79. The van der Waals surface area contributed by atoms with Crippen molar-refractivity contribution in [3.63, 3.8) is 0 Å². The number of rotatable bonds is 1. The number of aromatic carboxylic acids is 1. The molecule has 0 fully saturated rings. The van der Waals surface area contributed by atoms with E-state index in [4.69, 9.17) is 16.7 Å². The molecule has 0 saturated carbocycles. The highest BCUT2D eigenvalue weighted by Crippen LogP contribution is 2.10. The molecule has 2 heterocycles. The van der Waals surface area contributed by atoms with Crippen molar-refractivity contribution >= 4 is 23.2 Å². The predicted octanol–water partition coefficient (Wildman–Crippen LogP) is 1.08. The lowest BCUT2D eigenvalue weighted by atomic mass is 10.5. The van der Waals surface area contributed by atoms with Crippen LogP contribution in [-0.2, 0) is 0 Å². The van der Waals surface area contributed by atoms with Crippen LogP contribution in [0.1, 0.15) is 10.6 Å². The Bertz CT molecular complexity index is 480. The molecule has 1 N–H and O–H groups in total. The molecule has 0 amide bonds. The van der Waals surface area contributed by atoms with Crippen molar-refractivity contribution in [1.82, 2.24) is 14.6 Å². The number of carboxylic acid groups (broad SMARTS) is 1. The summed E-state index contributed by atoms with van der Waals surface area (Å²) in [7, 11) is 0. The molecule has 0 aliphatic heterocycles. The van der Waals surface area contributed by atoms with E-state index in [1.165, 1.54) is 4.52 Å². The molecule has 0 aliphatic carbocycles. The molecular weight excluding hydrogens is 194 g/mol. The number of hydrogen-bond donors (Lipinski definition) is 1. The summed E-state index contributed by atoms with van der Waals surface area (Å²) in [5, 5.41) is 12.6. The van der Waals surface area contributed by atoms with Crippen LogP contribution in [0.2, 0.25) is 5.15 Å². The lowest BCUT2D eigenvalue weighted by molar-refractivity contribution is 0.0684. The molecule has 2 aromatic rings. The van der Waals surface area contributed by atoms with E-state index >= 15 is 0 Å². The molecule has 0 spiro atoms. The molecule has 0 bridgehead atoms. The number of aromatic nitrogens is 3. The zero-order chi connectivity index (χ0) is 9.42. The molecule has 0 atom stereocenters. The average molecular weight is 198 g/mol. The maximum Gasteiger partial charge on any atom is 0.375 e. The Morgan fingerprint density at radius 3 is 2.92 bits per heavy atom. The molecule has 0 saturated heterocycles. The molecule has 0 aliphatic rings. The largest absolute Gasteiger partial charge is 0.475 e. The van der Waals surface area contributed by atoms with Crippen molar-refractivity contribution in [3.05, 3.63) is 29.2 Å². The van der Waals surface area contributed by atoms with Crippen LogP contribution in [0.4, 0.5) is 0 Å². The van der Waals surface area contributed by atoms with Crippen LogP contribution < -0.4 is 0 Å². The summed E-state index contributed by atoms with van der Waals surface area (Å²) in [4.78, 5) is 14.2. The van der Waals surface area contributed by atoms with Crippen LogP contribution >= 0.6 is 11.6 Å². The summed E-state index contributed by atoms with van der Waals surface area (Å²) in [5.74, 6) is -1.42. The zero-order valence-corrected chi connectivity index (χ0v) is 7.06. The number of halogens is 1. The maximum absolute atomic E-state index is 10.5. The van der Waals surface area contributed by atoms with Crippen LogP contribution in [0, 0.1) is 0 Å². The second-order valence-corrected chi connectivity index (χ2v) is 2.75. The molecule has 0 radical (unpaired) electrons. The van der Waals surface area contributed by atoms with Gasteiger partial charge in [0.25, 0.3) is 5.82 Å². The van der Waals surface area contributed by atoms with E-state index in [0.717, 1.165) is 0 Å². The molecule has 2 aromatic heterocycles. The minimum atomic E-state index is -1.17. The molecule has 0 unspecified atom stereocenters. The van der Waals surface area contributed by atoms with E-state index in [2.05, 4.69) is 10.1 Å². The lowest BCUT2D eigenvalue weighted by Gasteiger charge is -1.91. The summed E-state index contributed by atoms with van der Waals surface area (Å²) in [6, 6.07) is 4.91. The van der Waals surface area contributed by atoms with Crippen molar-refractivity contribution in [2.75, 3.05) is 0 Å². The zero-order valence-electron chi connectivity index (χ0n) is 6.31. The fourth-order valence-electron chi connectivity index (χ4n) is 0.964. The molecule has 66 valence electrons. The van der Waals surface area contributed by atoms with Crippen LogP contribution in [0.15, 0.2) is 18.2 Å². The predicted molar refractivity (Wildman–Crippen MR) is 45.0 cm³/mol. The Kier molecular flexibility index (Phi) is 1.66. The Hall–Kier alpha value is -1.62. The summed E-state index contributed by atoms with van der Waals surface area (Å²) in [6.45, 7) is 0. The van der Waals surface area contributed by atoms with Crippen LogP contribution in [0.5, 0.6) is 0 Å². The highest BCUT2D eigenvalue weighted by atomic mass is 35.5. The van der Waals surface area contributed by atoms with Gasteiger partial charge in [-0.25, -0.2) is 14.3 Å². The number of pyridine rings is 1. The lowest BCUT2D eigenvalue weighted by Crippen LogP contribution is -1.99. The van der Waals surface area contributed by atoms with Crippen molar-refractivity contribution in [2.24, 2.45) is 0 Å². The van der Waals surface area contributed by atoms with Gasteiger partial charge in [-0.15, -0.1) is 5.10 Å². The smallest absolute Gasteiger partial charge is 0.375 e. The first-order chi connectivity index (χ1) is 6.18. The van der Waals surface area contributed by atoms with Gasteiger partial charge in [0.1, 0.15) is 5.15 Å². The van der Waals surface area contributed by atoms with Crippen molar-refractivity contribution < 1.29 is 9.90 Å². The van der Waals surface area contributed by atoms with Gasteiger partial charge in [0.15, 0.2) is 5.65 Å². The second kappa shape index (κ2) is 2.70. The quantitative estimate of drug-likeness (QED) is 0.695. The molecule has 13 heavy (non-hydrogen) atoms. The Morgan fingerprint density at radius 2 is 2.31 bits per heavy atom. The Morgan fingerprint density at radius 1 is 1.54 bits per heavy atom. The second-order valence-electron chi connectivity index (χ2n) is 2.36.